The molecule has 1 rings (SSSR count). The van der Waals surface area contributed by atoms with Gasteiger partial charge in [-0.2, -0.15) is 4.39 Å². The zero-order valence-electron chi connectivity index (χ0n) is 12.5. The number of carbonyl (C=O) groups excluding carboxylic acids is 2. The maximum atomic E-state index is 12.8. The minimum atomic E-state index is -0.933. The number of carbonyl (C=O) groups is 2. The highest BCUT2D eigenvalue weighted by Gasteiger charge is 2.25. The molecule has 0 saturated heterocycles. The van der Waals surface area contributed by atoms with Gasteiger partial charge in [-0.05, 0) is 32.4 Å². The average Bonchev–Trinajstić information content (AvgIpc) is 2.37. The SMILES string of the molecule is COC(=O)[C@H](Cc1ccc(F)nc1)NC(=O)OC(C)(C)C. The van der Waals surface area contributed by atoms with Crippen LogP contribution in [-0.2, 0) is 20.7 Å². The number of rotatable bonds is 4. The zero-order chi connectivity index (χ0) is 16.0. The third kappa shape index (κ3) is 6.20. The third-order valence-corrected chi connectivity index (χ3v) is 2.41. The fourth-order valence-electron chi connectivity index (χ4n) is 1.55. The van der Waals surface area contributed by atoms with Crippen LogP contribution in [0.1, 0.15) is 26.3 Å². The molecule has 1 amide bonds. The summed E-state index contributed by atoms with van der Waals surface area (Å²) in [5.41, 5.74) is -0.0924. The van der Waals surface area contributed by atoms with Crippen molar-refractivity contribution in [2.24, 2.45) is 0 Å². The average molecular weight is 298 g/mol. The van der Waals surface area contributed by atoms with E-state index in [1.807, 2.05) is 0 Å². The monoisotopic (exact) mass is 298 g/mol. The number of methoxy groups -OCH3 is 1. The van der Waals surface area contributed by atoms with Crippen molar-refractivity contribution in [3.63, 3.8) is 0 Å². The summed E-state index contributed by atoms with van der Waals surface area (Å²) in [6.07, 6.45) is 0.689. The number of nitrogens with zero attached hydrogens (tertiary/aromatic N) is 1. The first-order chi connectivity index (χ1) is 9.71. The lowest BCUT2D eigenvalue weighted by molar-refractivity contribution is -0.143. The second kappa shape index (κ2) is 7.01. The van der Waals surface area contributed by atoms with Crippen LogP contribution in [-0.4, -0.2) is 35.8 Å². The maximum Gasteiger partial charge on any atom is 0.408 e. The van der Waals surface area contributed by atoms with E-state index in [1.165, 1.54) is 25.4 Å². The van der Waals surface area contributed by atoms with Gasteiger partial charge in [0.1, 0.15) is 11.6 Å². The summed E-state index contributed by atoms with van der Waals surface area (Å²) in [5, 5.41) is 2.43. The van der Waals surface area contributed by atoms with Gasteiger partial charge in [-0.3, -0.25) is 0 Å². The highest BCUT2D eigenvalue weighted by atomic mass is 19.1. The molecule has 0 spiro atoms. The number of ether oxygens (including phenoxy) is 2. The van der Waals surface area contributed by atoms with Gasteiger partial charge in [0, 0.05) is 12.6 Å². The first kappa shape index (κ1) is 16.9. The van der Waals surface area contributed by atoms with Gasteiger partial charge in [0.15, 0.2) is 0 Å². The molecule has 21 heavy (non-hydrogen) atoms. The molecule has 1 atom stereocenters. The Kier molecular flexibility index (Phi) is 5.63. The highest BCUT2D eigenvalue weighted by molar-refractivity contribution is 5.81. The summed E-state index contributed by atoms with van der Waals surface area (Å²) in [6, 6.07) is 1.73. The lowest BCUT2D eigenvalue weighted by Gasteiger charge is -2.22. The first-order valence-corrected chi connectivity index (χ1v) is 6.39. The van der Waals surface area contributed by atoms with Crippen LogP contribution in [0.15, 0.2) is 18.3 Å². The Morgan fingerprint density at radius 2 is 2.05 bits per heavy atom. The second-order valence-electron chi connectivity index (χ2n) is 5.42. The zero-order valence-corrected chi connectivity index (χ0v) is 12.5. The van der Waals surface area contributed by atoms with Crippen molar-refractivity contribution in [1.82, 2.24) is 10.3 Å². The van der Waals surface area contributed by atoms with E-state index in [0.29, 0.717) is 5.56 Å². The van der Waals surface area contributed by atoms with Crippen molar-refractivity contribution in [1.29, 1.82) is 0 Å². The number of esters is 1. The van der Waals surface area contributed by atoms with Crippen LogP contribution in [0.5, 0.6) is 0 Å². The van der Waals surface area contributed by atoms with Crippen molar-refractivity contribution in [3.8, 4) is 0 Å². The van der Waals surface area contributed by atoms with E-state index >= 15 is 0 Å². The van der Waals surface area contributed by atoms with Crippen LogP contribution in [0.2, 0.25) is 0 Å². The fraction of sp³-hybridized carbons (Fsp3) is 0.500. The summed E-state index contributed by atoms with van der Waals surface area (Å²) in [6.45, 7) is 5.14. The molecule has 0 aromatic carbocycles. The van der Waals surface area contributed by atoms with E-state index in [0.717, 1.165) is 0 Å². The molecule has 0 fully saturated rings. The molecule has 0 bridgehead atoms. The molecule has 0 aliphatic rings. The molecular weight excluding hydrogens is 279 g/mol. The van der Waals surface area contributed by atoms with Crippen molar-refractivity contribution >= 4 is 12.1 Å². The van der Waals surface area contributed by atoms with Gasteiger partial charge in [0.2, 0.25) is 5.95 Å². The van der Waals surface area contributed by atoms with Crippen molar-refractivity contribution in [2.45, 2.75) is 38.8 Å². The molecule has 1 N–H and O–H groups in total. The first-order valence-electron chi connectivity index (χ1n) is 6.39. The number of alkyl carbamates (subject to hydrolysis) is 1. The quantitative estimate of drug-likeness (QED) is 0.678. The van der Waals surface area contributed by atoms with Crippen molar-refractivity contribution in [3.05, 3.63) is 29.8 Å². The Labute approximate surface area is 122 Å². The summed E-state index contributed by atoms with van der Waals surface area (Å²) < 4.78 is 22.5. The lowest BCUT2D eigenvalue weighted by Crippen LogP contribution is -2.45. The van der Waals surface area contributed by atoms with E-state index < -0.39 is 29.7 Å². The molecule has 7 heteroatoms. The minimum absolute atomic E-state index is 0.124. The lowest BCUT2D eigenvalue weighted by atomic mass is 10.1. The molecule has 0 aliphatic carbocycles. The fourth-order valence-corrected chi connectivity index (χ4v) is 1.55. The number of aromatic nitrogens is 1. The topological polar surface area (TPSA) is 77.5 Å². The van der Waals surface area contributed by atoms with Gasteiger partial charge in [-0.1, -0.05) is 6.07 Å². The molecule has 0 unspecified atom stereocenters. The van der Waals surface area contributed by atoms with Crippen LogP contribution in [0.3, 0.4) is 0 Å². The molecule has 1 heterocycles. The summed E-state index contributed by atoms with van der Waals surface area (Å²) in [5.74, 6) is -1.24. The summed E-state index contributed by atoms with van der Waals surface area (Å²) in [7, 11) is 1.22. The molecule has 116 valence electrons. The molecule has 1 aromatic rings. The Hall–Kier alpha value is -2.18. The number of pyridine rings is 1. The number of amides is 1. The van der Waals surface area contributed by atoms with E-state index in [1.54, 1.807) is 20.8 Å². The predicted octanol–water partition coefficient (Wildman–Crippen LogP) is 1.83. The Morgan fingerprint density at radius 1 is 1.38 bits per heavy atom. The Balaban J connectivity index is 2.74. The van der Waals surface area contributed by atoms with Crippen molar-refractivity contribution in [2.75, 3.05) is 7.11 Å². The largest absolute Gasteiger partial charge is 0.467 e. The van der Waals surface area contributed by atoms with E-state index in [9.17, 15) is 14.0 Å². The van der Waals surface area contributed by atoms with E-state index in [4.69, 9.17) is 4.74 Å². The molecule has 0 aliphatic heterocycles. The number of nitrogens with one attached hydrogen (secondary N) is 1. The van der Waals surface area contributed by atoms with Crippen LogP contribution in [0.4, 0.5) is 9.18 Å². The summed E-state index contributed by atoms with van der Waals surface area (Å²) in [4.78, 5) is 26.9. The summed E-state index contributed by atoms with van der Waals surface area (Å²) >= 11 is 0. The van der Waals surface area contributed by atoms with Crippen LogP contribution >= 0.6 is 0 Å². The Bertz CT molecular complexity index is 497. The van der Waals surface area contributed by atoms with E-state index in [-0.39, 0.29) is 6.42 Å². The van der Waals surface area contributed by atoms with Gasteiger partial charge in [0.25, 0.3) is 0 Å². The molecule has 6 nitrogen and oxygen atoms in total. The van der Waals surface area contributed by atoms with Crippen molar-refractivity contribution < 1.29 is 23.5 Å². The van der Waals surface area contributed by atoms with Gasteiger partial charge in [-0.15, -0.1) is 0 Å². The third-order valence-electron chi connectivity index (χ3n) is 2.41. The van der Waals surface area contributed by atoms with Gasteiger partial charge in [-0.25, -0.2) is 14.6 Å². The van der Waals surface area contributed by atoms with Gasteiger partial charge < -0.3 is 14.8 Å². The molecule has 0 radical (unpaired) electrons. The highest BCUT2D eigenvalue weighted by Crippen LogP contribution is 2.09. The predicted molar refractivity (Wildman–Crippen MR) is 73.1 cm³/mol. The molecular formula is C14H19FN2O4. The standard InChI is InChI=1S/C14H19FN2O4/c1-14(2,3)21-13(19)17-10(12(18)20-4)7-9-5-6-11(15)16-8-9/h5-6,8,10H,7H2,1-4H3,(H,17,19)/t10-/m0/s1. The minimum Gasteiger partial charge on any atom is -0.467 e. The van der Waals surface area contributed by atoms with Gasteiger partial charge >= 0.3 is 12.1 Å². The molecule has 0 saturated carbocycles. The maximum absolute atomic E-state index is 12.8. The Morgan fingerprint density at radius 3 is 2.52 bits per heavy atom. The number of halogens is 1. The smallest absolute Gasteiger partial charge is 0.408 e. The number of hydrogen-bond acceptors (Lipinski definition) is 5. The van der Waals surface area contributed by atoms with Crippen LogP contribution < -0.4 is 5.32 Å². The second-order valence-corrected chi connectivity index (χ2v) is 5.42. The number of hydrogen-bond donors (Lipinski definition) is 1. The van der Waals surface area contributed by atoms with Crippen LogP contribution in [0.25, 0.3) is 0 Å². The van der Waals surface area contributed by atoms with Crippen LogP contribution in [0, 0.1) is 5.95 Å². The van der Waals surface area contributed by atoms with Gasteiger partial charge in [0.05, 0.1) is 7.11 Å². The van der Waals surface area contributed by atoms with E-state index in [2.05, 4.69) is 15.0 Å². The molecule has 1 aromatic heterocycles. The normalized spacial score (nSPS) is 12.4.